The topological polar surface area (TPSA) is 591 Å². The first-order chi connectivity index (χ1) is 52.1. The summed E-state index contributed by atoms with van der Waals surface area (Å²) in [5, 5.41) is 120. The Hall–Kier alpha value is -6.10. The number of amides is 10. The number of nitrogens with one attached hydrogen (secondary N) is 10. The quantitative estimate of drug-likeness (QED) is 0.0199. The third-order valence-corrected chi connectivity index (χ3v) is 20.4. The second-order valence-corrected chi connectivity index (χ2v) is 29.0. The Morgan fingerprint density at radius 3 is 1.37 bits per heavy atom. The van der Waals surface area contributed by atoms with E-state index < -0.39 is 151 Å². The summed E-state index contributed by atoms with van der Waals surface area (Å²) in [6.45, 7) is 4.01. The van der Waals surface area contributed by atoms with Gasteiger partial charge in [0.1, 0.15) is 47.6 Å². The van der Waals surface area contributed by atoms with Crippen LogP contribution in [0.25, 0.3) is 0 Å². The van der Waals surface area contributed by atoms with Gasteiger partial charge in [-0.1, -0.05) is 0 Å². The van der Waals surface area contributed by atoms with E-state index in [1.54, 1.807) is 6.92 Å². The number of fused-ring (bicyclic) bond motifs is 4. The zero-order chi connectivity index (χ0) is 79.9. The molecule has 0 aromatic carbocycles. The SMILES string of the molecule is CC(=O)NC1C(O)[C@@H](O)C(CO)O[C@H]1OCCCCC(=O)NCCCNC(=O)CCOCC(COCCC(=O)NCCCNC(=O)CCCCO[C@@H]1OC(C2(CO)CC(O)[C@H]2O)C1(C)NC(C)=O)(COCCC(=O)NCCCNC(=O)CCCCO[C@@H]1OC2C3C(CO)[C@H](O)C(O)C3C21NC(C)=O)NC(=O)CON. The molecule has 6 aliphatic rings. The molecule has 20 atom stereocenters. The van der Waals surface area contributed by atoms with Gasteiger partial charge in [0.2, 0.25) is 59.1 Å². The smallest absolute Gasteiger partial charge is 0.248 e. The highest BCUT2D eigenvalue weighted by Gasteiger charge is 2.81. The van der Waals surface area contributed by atoms with Gasteiger partial charge in [-0.3, -0.25) is 52.8 Å². The Balaban J connectivity index is 0.874. The maximum absolute atomic E-state index is 13.1. The lowest BCUT2D eigenvalue weighted by atomic mass is 9.52. The van der Waals surface area contributed by atoms with Gasteiger partial charge in [-0.2, -0.15) is 0 Å². The number of hydrogen-bond donors (Lipinski definition) is 20. The molecule has 21 N–H and O–H groups in total. The fourth-order valence-electron chi connectivity index (χ4n) is 14.9. The van der Waals surface area contributed by atoms with Crippen LogP contribution in [0.1, 0.15) is 130 Å². The molecular formula is C69H119N11O29. The number of carbonyl (C=O) groups excluding carboxylic acids is 10. The molecule has 0 aromatic heterocycles. The van der Waals surface area contributed by atoms with Crippen LogP contribution in [0.3, 0.4) is 0 Å². The van der Waals surface area contributed by atoms with Gasteiger partial charge in [-0.05, 0) is 71.1 Å². The molecule has 10 amide bonds. The van der Waals surface area contributed by atoms with Crippen LogP contribution in [0.15, 0.2) is 0 Å². The molecule has 40 heteroatoms. The van der Waals surface area contributed by atoms with Crippen molar-refractivity contribution in [1.29, 1.82) is 0 Å². The summed E-state index contributed by atoms with van der Waals surface area (Å²) in [4.78, 5) is 130. The fraction of sp³-hybridized carbons (Fsp3) is 0.855. The van der Waals surface area contributed by atoms with Gasteiger partial charge in [0.05, 0.1) is 94.9 Å². The van der Waals surface area contributed by atoms with Crippen LogP contribution < -0.4 is 59.1 Å². The maximum atomic E-state index is 13.1. The van der Waals surface area contributed by atoms with E-state index >= 15 is 0 Å². The van der Waals surface area contributed by atoms with Crippen LogP contribution in [0.2, 0.25) is 0 Å². The summed E-state index contributed by atoms with van der Waals surface area (Å²) < 4.78 is 52.7. The average molecular weight is 1570 g/mol. The standard InChI is InChI=1S/C69H119N11O29/c1-40(84)77-55-59(98)57(96)45(34-82)107-62(55)103-26-8-5-14-46(88)71-20-11-23-74-49(91)17-29-100-37-67(80-52(94)35-106-70,38-101-30-18-50(92)75-24-12-21-72-47(89)15-6-9-27-104-64-66(4,78-41(2)85)63(109-64)68(36-83)32-44(87)60(68)99)39-102-31-19-51(93)76-25-13-22-73-48(90)16-7-10-28-105-65-69(79-42(3)86)54-53(61(69)108-65)43(33-81)56(95)58(54)97/h43-45,53-65,81-83,87,95-99H,5-39,70H2,1-4H3,(H,71,88)(H,72,89)(H,73,90)(H,74,91)(H,75,92)(H,76,93)(H,77,84)(H,78,85)(H,79,86)(H,80,94)/t43?,44?,45?,53?,54?,55?,56-,57-,58?,59?,60+,61?,62+,63?,64+,65+,66?,67?,68?,69?/m0/s1. The molecule has 3 saturated heterocycles. The third kappa shape index (κ3) is 26.0. The molecule has 624 valence electrons. The van der Waals surface area contributed by atoms with Gasteiger partial charge in [-0.15, -0.1) is 0 Å². The van der Waals surface area contributed by atoms with E-state index in [2.05, 4.69) is 58.0 Å². The lowest BCUT2D eigenvalue weighted by molar-refractivity contribution is -0.406. The summed E-state index contributed by atoms with van der Waals surface area (Å²) >= 11 is 0. The van der Waals surface area contributed by atoms with Crippen molar-refractivity contribution in [2.75, 3.05) is 125 Å². The van der Waals surface area contributed by atoms with Crippen molar-refractivity contribution in [3.8, 4) is 0 Å². The average Bonchev–Trinajstić information content (AvgIpc) is 1.56. The first-order valence-corrected chi connectivity index (χ1v) is 37.6. The summed E-state index contributed by atoms with van der Waals surface area (Å²) in [5.41, 5.74) is -4.80. The van der Waals surface area contributed by atoms with Crippen LogP contribution in [0.5, 0.6) is 0 Å². The van der Waals surface area contributed by atoms with E-state index in [4.69, 9.17) is 48.5 Å². The minimum Gasteiger partial charge on any atom is -0.396 e. The van der Waals surface area contributed by atoms with E-state index in [-0.39, 0.29) is 198 Å². The van der Waals surface area contributed by atoms with Crippen molar-refractivity contribution >= 4 is 59.1 Å². The monoisotopic (exact) mass is 1570 g/mol. The minimum absolute atomic E-state index is 0.0779. The molecule has 40 nitrogen and oxygen atoms in total. The molecule has 3 saturated carbocycles. The van der Waals surface area contributed by atoms with E-state index in [0.717, 1.165) is 0 Å². The molecule has 109 heavy (non-hydrogen) atoms. The first-order valence-electron chi connectivity index (χ1n) is 37.6. The number of carbonyl (C=O) groups is 10. The number of rotatable bonds is 55. The normalized spacial score (nSPS) is 30.4. The van der Waals surface area contributed by atoms with Gasteiger partial charge >= 0.3 is 0 Å². The molecule has 6 rings (SSSR count). The largest absolute Gasteiger partial charge is 0.396 e. The number of aliphatic hydroxyl groups excluding tert-OH is 9. The van der Waals surface area contributed by atoms with Gasteiger partial charge in [0, 0.05) is 143 Å². The molecule has 0 spiro atoms. The number of unbranched alkanes of at least 4 members (excludes halogenated alkanes) is 3. The van der Waals surface area contributed by atoms with Crippen LogP contribution in [0.4, 0.5) is 0 Å². The predicted octanol–water partition coefficient (Wildman–Crippen LogP) is -7.76. The van der Waals surface area contributed by atoms with Crippen molar-refractivity contribution in [1.82, 2.24) is 53.2 Å². The molecule has 0 radical (unpaired) electrons. The molecular weight excluding hydrogens is 1450 g/mol. The second-order valence-electron chi connectivity index (χ2n) is 29.0. The first kappa shape index (κ1) is 91.8. The molecule has 3 aliphatic carbocycles. The summed E-state index contributed by atoms with van der Waals surface area (Å²) in [7, 11) is 0. The van der Waals surface area contributed by atoms with Crippen molar-refractivity contribution < 1.29 is 141 Å². The molecule has 3 aliphatic heterocycles. The Morgan fingerprint density at radius 1 is 0.495 bits per heavy atom. The lowest BCUT2D eigenvalue weighted by Crippen LogP contribution is -2.88. The molecule has 3 heterocycles. The number of hydrogen-bond acceptors (Lipinski definition) is 30. The zero-order valence-corrected chi connectivity index (χ0v) is 62.8. The van der Waals surface area contributed by atoms with E-state index in [9.17, 15) is 93.9 Å². The Morgan fingerprint density at radius 2 is 0.954 bits per heavy atom. The molecule has 6 fully saturated rings. The van der Waals surface area contributed by atoms with E-state index in [0.29, 0.717) is 57.8 Å². The zero-order valence-electron chi connectivity index (χ0n) is 62.8. The molecule has 14 unspecified atom stereocenters. The maximum Gasteiger partial charge on any atom is 0.248 e. The van der Waals surface area contributed by atoms with Gasteiger partial charge in [0.15, 0.2) is 18.9 Å². The lowest BCUT2D eigenvalue weighted by Gasteiger charge is -2.69. The molecule has 0 bridgehead atoms. The minimum atomic E-state index is -1.50. The Labute approximate surface area is 632 Å². The molecule has 0 aromatic rings. The second kappa shape index (κ2) is 45.6. The number of ether oxygens (including phenoxy) is 9. The van der Waals surface area contributed by atoms with E-state index in [1.165, 1.54) is 20.8 Å². The van der Waals surface area contributed by atoms with Crippen LogP contribution in [-0.4, -0.2) is 327 Å². The van der Waals surface area contributed by atoms with E-state index in [1.807, 2.05) is 0 Å². The predicted molar refractivity (Wildman–Crippen MR) is 376 cm³/mol. The van der Waals surface area contributed by atoms with Crippen molar-refractivity contribution in [2.24, 2.45) is 29.1 Å². The highest BCUT2D eigenvalue weighted by atomic mass is 16.7. The number of aliphatic hydroxyl groups is 9. The van der Waals surface area contributed by atoms with Crippen LogP contribution in [-0.2, 0) is 95.4 Å². The Kier molecular flexibility index (Phi) is 38.4. The van der Waals surface area contributed by atoms with Crippen molar-refractivity contribution in [2.45, 2.75) is 227 Å². The van der Waals surface area contributed by atoms with Crippen LogP contribution >= 0.6 is 0 Å². The van der Waals surface area contributed by atoms with Gasteiger partial charge < -0.3 is 142 Å². The van der Waals surface area contributed by atoms with Gasteiger partial charge in [0.25, 0.3) is 0 Å². The highest BCUT2D eigenvalue weighted by molar-refractivity contribution is 5.79. The summed E-state index contributed by atoms with van der Waals surface area (Å²) in [6.07, 6.45) is -8.95. The van der Waals surface area contributed by atoms with Crippen LogP contribution in [0, 0.1) is 23.2 Å². The number of nitrogens with two attached hydrogens (primary N) is 1. The van der Waals surface area contributed by atoms with Crippen molar-refractivity contribution in [3.63, 3.8) is 0 Å². The highest BCUT2D eigenvalue weighted by Crippen LogP contribution is 2.65. The summed E-state index contributed by atoms with van der Waals surface area (Å²) in [6, 6.07) is -1.09. The summed E-state index contributed by atoms with van der Waals surface area (Å²) in [5.74, 6) is -0.0704. The fourth-order valence-corrected chi connectivity index (χ4v) is 14.9. The third-order valence-electron chi connectivity index (χ3n) is 20.4. The van der Waals surface area contributed by atoms with Crippen molar-refractivity contribution in [3.05, 3.63) is 0 Å². The Bertz CT molecular complexity index is 2920. The van der Waals surface area contributed by atoms with Gasteiger partial charge in [-0.25, -0.2) is 5.90 Å².